The van der Waals surface area contributed by atoms with Crippen LogP contribution >= 0.6 is 0 Å². The third-order valence-electron chi connectivity index (χ3n) is 4.25. The van der Waals surface area contributed by atoms with E-state index >= 15 is 0 Å². The molecule has 0 saturated carbocycles. The molecule has 1 aromatic carbocycles. The lowest BCUT2D eigenvalue weighted by molar-refractivity contribution is -0.274. The molecule has 12 heteroatoms. The van der Waals surface area contributed by atoms with Gasteiger partial charge in [0.25, 0.3) is 0 Å². The van der Waals surface area contributed by atoms with Gasteiger partial charge in [-0.3, -0.25) is 9.59 Å². The second-order valence-electron chi connectivity index (χ2n) is 6.52. The van der Waals surface area contributed by atoms with Crippen LogP contribution in [-0.4, -0.2) is 57.2 Å². The number of sulfonamides is 1. The van der Waals surface area contributed by atoms with Gasteiger partial charge in [0.1, 0.15) is 5.75 Å². The topological polar surface area (TPSA) is 105 Å². The zero-order chi connectivity index (χ0) is 21.7. The van der Waals surface area contributed by atoms with E-state index in [1.165, 1.54) is 6.92 Å². The smallest absolute Gasteiger partial charge is 0.406 e. The summed E-state index contributed by atoms with van der Waals surface area (Å²) in [6, 6.07) is 3.79. The van der Waals surface area contributed by atoms with Gasteiger partial charge in [0.2, 0.25) is 21.8 Å². The van der Waals surface area contributed by atoms with Crippen molar-refractivity contribution in [2.45, 2.75) is 43.5 Å². The number of piperidine rings is 1. The maximum absolute atomic E-state index is 12.2. The van der Waals surface area contributed by atoms with E-state index in [-0.39, 0.29) is 35.7 Å². The number of likely N-dealkylation sites (tertiary alicyclic amines) is 1. The van der Waals surface area contributed by atoms with E-state index in [9.17, 15) is 31.2 Å². The van der Waals surface area contributed by atoms with Crippen LogP contribution in [0.3, 0.4) is 0 Å². The molecule has 0 unspecified atom stereocenters. The normalized spacial score (nSPS) is 15.8. The number of alkyl halides is 3. The third-order valence-corrected chi connectivity index (χ3v) is 5.73. The Kier molecular flexibility index (Phi) is 7.47. The van der Waals surface area contributed by atoms with Gasteiger partial charge in [-0.05, 0) is 37.1 Å². The van der Waals surface area contributed by atoms with Gasteiger partial charge in [-0.2, -0.15) is 0 Å². The molecule has 162 valence electrons. The number of hydrogen-bond acceptors (Lipinski definition) is 5. The SMILES string of the molecule is CC(=O)NC1CCN(C(=O)CCNS(=O)(=O)c2ccc(OC(F)(F)F)cc2)CC1. The van der Waals surface area contributed by atoms with Crippen LogP contribution in [0.5, 0.6) is 5.75 Å². The Morgan fingerprint density at radius 2 is 1.76 bits per heavy atom. The monoisotopic (exact) mass is 437 g/mol. The molecule has 0 bridgehead atoms. The van der Waals surface area contributed by atoms with E-state index in [2.05, 4.69) is 14.8 Å². The highest BCUT2D eigenvalue weighted by molar-refractivity contribution is 7.89. The molecule has 1 fully saturated rings. The summed E-state index contributed by atoms with van der Waals surface area (Å²) in [5, 5.41) is 2.80. The largest absolute Gasteiger partial charge is 0.573 e. The van der Waals surface area contributed by atoms with Gasteiger partial charge in [0.15, 0.2) is 0 Å². The Balaban J connectivity index is 1.80. The quantitative estimate of drug-likeness (QED) is 0.671. The highest BCUT2D eigenvalue weighted by atomic mass is 32.2. The van der Waals surface area contributed by atoms with E-state index in [0.717, 1.165) is 24.3 Å². The maximum Gasteiger partial charge on any atom is 0.573 e. The van der Waals surface area contributed by atoms with Crippen molar-refractivity contribution in [2.24, 2.45) is 0 Å². The van der Waals surface area contributed by atoms with Crippen LogP contribution in [0, 0.1) is 0 Å². The second-order valence-corrected chi connectivity index (χ2v) is 8.29. The Bertz CT molecular complexity index is 820. The van der Waals surface area contributed by atoms with Gasteiger partial charge in [0.05, 0.1) is 4.90 Å². The summed E-state index contributed by atoms with van der Waals surface area (Å²) in [6.07, 6.45) is -3.66. The summed E-state index contributed by atoms with van der Waals surface area (Å²) in [5.74, 6) is -0.876. The molecule has 2 amide bonds. The van der Waals surface area contributed by atoms with E-state index in [1.54, 1.807) is 4.90 Å². The number of nitrogens with zero attached hydrogens (tertiary/aromatic N) is 1. The number of halogens is 3. The van der Waals surface area contributed by atoms with Crippen LogP contribution in [0.1, 0.15) is 26.2 Å². The fourth-order valence-electron chi connectivity index (χ4n) is 2.91. The van der Waals surface area contributed by atoms with Gasteiger partial charge >= 0.3 is 6.36 Å². The van der Waals surface area contributed by atoms with E-state index in [0.29, 0.717) is 25.9 Å². The predicted octanol–water partition coefficient (Wildman–Crippen LogP) is 1.38. The van der Waals surface area contributed by atoms with Gasteiger partial charge in [-0.25, -0.2) is 13.1 Å². The summed E-state index contributed by atoms with van der Waals surface area (Å²) in [5.41, 5.74) is 0. The van der Waals surface area contributed by atoms with Crippen molar-refractivity contribution < 1.29 is 35.9 Å². The highest BCUT2D eigenvalue weighted by Gasteiger charge is 2.31. The van der Waals surface area contributed by atoms with Crippen LogP contribution in [0.15, 0.2) is 29.2 Å². The number of rotatable bonds is 7. The second kappa shape index (κ2) is 9.44. The van der Waals surface area contributed by atoms with Gasteiger partial charge in [-0.15, -0.1) is 13.2 Å². The van der Waals surface area contributed by atoms with Crippen molar-refractivity contribution in [3.63, 3.8) is 0 Å². The Morgan fingerprint density at radius 3 is 2.28 bits per heavy atom. The average Bonchev–Trinajstić information content (AvgIpc) is 2.60. The van der Waals surface area contributed by atoms with Crippen LogP contribution < -0.4 is 14.8 Å². The Morgan fingerprint density at radius 1 is 1.17 bits per heavy atom. The molecule has 2 rings (SSSR count). The van der Waals surface area contributed by atoms with Crippen molar-refractivity contribution in [2.75, 3.05) is 19.6 Å². The zero-order valence-electron chi connectivity index (χ0n) is 15.7. The molecule has 0 radical (unpaired) electrons. The molecule has 1 heterocycles. The number of carbonyl (C=O) groups excluding carboxylic acids is 2. The van der Waals surface area contributed by atoms with E-state index < -0.39 is 22.1 Å². The van der Waals surface area contributed by atoms with Gasteiger partial charge in [0, 0.05) is 39.0 Å². The Labute approximate surface area is 166 Å². The van der Waals surface area contributed by atoms with Gasteiger partial charge < -0.3 is 15.0 Å². The molecule has 2 N–H and O–H groups in total. The molecule has 1 aliphatic rings. The summed E-state index contributed by atoms with van der Waals surface area (Å²) in [6.45, 7) is 2.22. The number of benzene rings is 1. The minimum atomic E-state index is -4.87. The molecular weight excluding hydrogens is 415 g/mol. The first-order chi connectivity index (χ1) is 13.5. The van der Waals surface area contributed by atoms with E-state index in [1.807, 2.05) is 0 Å². The van der Waals surface area contributed by atoms with Crippen LogP contribution in [0.25, 0.3) is 0 Å². The highest BCUT2D eigenvalue weighted by Crippen LogP contribution is 2.23. The van der Waals surface area contributed by atoms with Gasteiger partial charge in [-0.1, -0.05) is 0 Å². The Hall–Kier alpha value is -2.34. The molecule has 0 atom stereocenters. The first kappa shape index (κ1) is 22.9. The minimum absolute atomic E-state index is 0.0272. The van der Waals surface area contributed by atoms with Crippen molar-refractivity contribution in [3.8, 4) is 5.75 Å². The van der Waals surface area contributed by atoms with Crippen molar-refractivity contribution in [3.05, 3.63) is 24.3 Å². The molecule has 0 spiro atoms. The average molecular weight is 437 g/mol. The number of nitrogens with one attached hydrogen (secondary N) is 2. The molecule has 1 saturated heterocycles. The summed E-state index contributed by atoms with van der Waals surface area (Å²) >= 11 is 0. The number of carbonyl (C=O) groups is 2. The maximum atomic E-state index is 12.2. The van der Waals surface area contributed by atoms with E-state index in [4.69, 9.17) is 0 Å². The fraction of sp³-hybridized carbons (Fsp3) is 0.529. The molecule has 29 heavy (non-hydrogen) atoms. The first-order valence-electron chi connectivity index (χ1n) is 8.86. The lowest BCUT2D eigenvalue weighted by atomic mass is 10.0. The van der Waals surface area contributed by atoms with Crippen LogP contribution in [0.2, 0.25) is 0 Å². The number of amides is 2. The van der Waals surface area contributed by atoms with Crippen LogP contribution in [0.4, 0.5) is 13.2 Å². The number of hydrogen-bond donors (Lipinski definition) is 2. The predicted molar refractivity (Wildman–Crippen MR) is 96.3 cm³/mol. The summed E-state index contributed by atoms with van der Waals surface area (Å²) in [4.78, 5) is 24.6. The third kappa shape index (κ3) is 7.54. The molecular formula is C17H22F3N3O5S. The molecule has 8 nitrogen and oxygen atoms in total. The minimum Gasteiger partial charge on any atom is -0.406 e. The summed E-state index contributed by atoms with van der Waals surface area (Å²) < 4.78 is 66.8. The fourth-order valence-corrected chi connectivity index (χ4v) is 3.95. The van der Waals surface area contributed by atoms with Crippen molar-refractivity contribution >= 4 is 21.8 Å². The molecule has 1 aliphatic heterocycles. The molecule has 0 aromatic heterocycles. The van der Waals surface area contributed by atoms with Crippen LogP contribution in [-0.2, 0) is 19.6 Å². The lowest BCUT2D eigenvalue weighted by Crippen LogP contribution is -2.46. The number of ether oxygens (including phenoxy) is 1. The first-order valence-corrected chi connectivity index (χ1v) is 10.3. The molecule has 1 aromatic rings. The zero-order valence-corrected chi connectivity index (χ0v) is 16.5. The van der Waals surface area contributed by atoms with Crippen molar-refractivity contribution in [1.82, 2.24) is 14.9 Å². The lowest BCUT2D eigenvalue weighted by Gasteiger charge is -2.32. The standard InChI is InChI=1S/C17H22F3N3O5S/c1-12(24)22-13-7-10-23(11-8-13)16(25)6-9-21-29(26,27)15-4-2-14(3-5-15)28-17(18,19)20/h2-5,13,21H,6-11H2,1H3,(H,22,24). The van der Waals surface area contributed by atoms with Crippen molar-refractivity contribution in [1.29, 1.82) is 0 Å². The summed E-state index contributed by atoms with van der Waals surface area (Å²) in [7, 11) is -3.97. The molecule has 0 aliphatic carbocycles.